The van der Waals surface area contributed by atoms with Crippen LogP contribution in [0.1, 0.15) is 52.5 Å². The molecule has 2 aromatic heterocycles. The van der Waals surface area contributed by atoms with E-state index in [0.29, 0.717) is 5.56 Å². The van der Waals surface area contributed by atoms with Crippen molar-refractivity contribution in [3.8, 4) is 5.69 Å². The van der Waals surface area contributed by atoms with Gasteiger partial charge >= 0.3 is 5.97 Å². The molecule has 8 nitrogen and oxygen atoms in total. The lowest BCUT2D eigenvalue weighted by Gasteiger charge is -2.10. The van der Waals surface area contributed by atoms with E-state index in [1.165, 1.54) is 7.11 Å². The summed E-state index contributed by atoms with van der Waals surface area (Å²) in [5.74, 6) is -0.0935. The zero-order valence-electron chi connectivity index (χ0n) is 15.2. The van der Waals surface area contributed by atoms with Gasteiger partial charge in [0, 0.05) is 24.6 Å². The molecule has 1 aromatic carbocycles. The molecule has 1 saturated carbocycles. The van der Waals surface area contributed by atoms with Crippen molar-refractivity contribution in [1.29, 1.82) is 0 Å². The Kier molecular flexibility index (Phi) is 4.49. The van der Waals surface area contributed by atoms with Crippen molar-refractivity contribution in [2.24, 2.45) is 0 Å². The highest BCUT2D eigenvalue weighted by Crippen LogP contribution is 2.55. The summed E-state index contributed by atoms with van der Waals surface area (Å²) in [7, 11) is 1.37. The quantitative estimate of drug-likeness (QED) is 0.670. The van der Waals surface area contributed by atoms with Gasteiger partial charge in [0.1, 0.15) is 5.56 Å². The minimum absolute atomic E-state index is 0.0551. The number of nitrogens with zero attached hydrogens (tertiary/aromatic N) is 5. The fourth-order valence-corrected chi connectivity index (χ4v) is 3.44. The topological polar surface area (TPSA) is 95.1 Å². The van der Waals surface area contributed by atoms with Crippen molar-refractivity contribution in [3.63, 3.8) is 0 Å². The minimum atomic E-state index is -0.405. The highest BCUT2D eigenvalue weighted by Gasteiger charge is 2.46. The number of benzene rings is 1. The molecule has 140 valence electrons. The van der Waals surface area contributed by atoms with E-state index in [0.717, 1.165) is 35.6 Å². The molecule has 2 heterocycles. The van der Waals surface area contributed by atoms with Crippen LogP contribution in [0.15, 0.2) is 36.7 Å². The molecule has 0 spiro atoms. The third-order valence-corrected chi connectivity index (χ3v) is 4.95. The van der Waals surface area contributed by atoms with Gasteiger partial charge in [0.25, 0.3) is 0 Å². The highest BCUT2D eigenvalue weighted by molar-refractivity contribution is 5.91. The first kappa shape index (κ1) is 17.4. The van der Waals surface area contributed by atoms with Crippen LogP contribution in [0.4, 0.5) is 0 Å². The standard InChI is InChI=1S/C19H21N5O3/c1-3-23-10-17(21-22-23)14-8-15(14)18-16(19(26)27-2)9-20-24(18)13-6-4-5-12(7-13)11-25/h4-7,9-10,14-15,25H,3,8,11H2,1-2H3/t14-,15-/m1/s1. The van der Waals surface area contributed by atoms with Gasteiger partial charge in [-0.3, -0.25) is 4.68 Å². The van der Waals surface area contributed by atoms with Crippen LogP contribution < -0.4 is 0 Å². The fourth-order valence-electron chi connectivity index (χ4n) is 3.44. The Morgan fingerprint density at radius 1 is 1.37 bits per heavy atom. The van der Waals surface area contributed by atoms with E-state index >= 15 is 0 Å². The SMILES string of the molecule is CCn1cc([C@@H]2C[C@H]2c2c(C(=O)OC)cnn2-c2cccc(CO)c2)nn1. The Morgan fingerprint density at radius 3 is 2.93 bits per heavy atom. The lowest BCUT2D eigenvalue weighted by Crippen LogP contribution is -2.08. The van der Waals surface area contributed by atoms with Crippen molar-refractivity contribution >= 4 is 5.97 Å². The molecule has 1 N–H and O–H groups in total. The Labute approximate surface area is 156 Å². The Morgan fingerprint density at radius 2 is 2.22 bits per heavy atom. The zero-order chi connectivity index (χ0) is 19.0. The lowest BCUT2D eigenvalue weighted by atomic mass is 10.1. The summed E-state index contributed by atoms with van der Waals surface area (Å²) < 4.78 is 8.51. The van der Waals surface area contributed by atoms with Crippen molar-refractivity contribution < 1.29 is 14.6 Å². The van der Waals surface area contributed by atoms with Gasteiger partial charge in [0.2, 0.25) is 0 Å². The molecule has 0 bridgehead atoms. The maximum atomic E-state index is 12.3. The van der Waals surface area contributed by atoms with Gasteiger partial charge in [-0.1, -0.05) is 17.3 Å². The third-order valence-electron chi connectivity index (χ3n) is 4.95. The Bertz CT molecular complexity index is 977. The van der Waals surface area contributed by atoms with Crippen LogP contribution in [0.5, 0.6) is 0 Å². The highest BCUT2D eigenvalue weighted by atomic mass is 16.5. The number of aliphatic hydroxyl groups excluding tert-OH is 1. The predicted octanol–water partition coefficient (Wildman–Crippen LogP) is 2.03. The molecule has 4 rings (SSSR count). The fraction of sp³-hybridized carbons (Fsp3) is 0.368. The van der Waals surface area contributed by atoms with Crippen LogP contribution in [0.3, 0.4) is 0 Å². The normalized spacial score (nSPS) is 18.5. The van der Waals surface area contributed by atoms with Gasteiger partial charge in [-0.2, -0.15) is 5.10 Å². The number of rotatable bonds is 6. The second-order valence-corrected chi connectivity index (χ2v) is 6.62. The number of ether oxygens (including phenoxy) is 1. The molecule has 1 aliphatic carbocycles. The number of esters is 1. The number of hydrogen-bond acceptors (Lipinski definition) is 6. The smallest absolute Gasteiger partial charge is 0.341 e. The summed E-state index contributed by atoms with van der Waals surface area (Å²) in [4.78, 5) is 12.3. The van der Waals surface area contributed by atoms with Gasteiger partial charge in [-0.25, -0.2) is 9.48 Å². The van der Waals surface area contributed by atoms with Crippen LogP contribution in [-0.4, -0.2) is 43.0 Å². The molecule has 8 heteroatoms. The molecule has 1 aliphatic rings. The van der Waals surface area contributed by atoms with E-state index in [9.17, 15) is 9.90 Å². The first-order valence-corrected chi connectivity index (χ1v) is 8.92. The van der Waals surface area contributed by atoms with E-state index in [-0.39, 0.29) is 18.4 Å². The van der Waals surface area contributed by atoms with Gasteiger partial charge in [-0.15, -0.1) is 5.10 Å². The van der Waals surface area contributed by atoms with E-state index in [2.05, 4.69) is 15.4 Å². The number of aromatic nitrogens is 5. The molecular weight excluding hydrogens is 346 g/mol. The van der Waals surface area contributed by atoms with Crippen molar-refractivity contribution in [2.45, 2.75) is 38.3 Å². The van der Waals surface area contributed by atoms with Crippen LogP contribution in [0.25, 0.3) is 5.69 Å². The van der Waals surface area contributed by atoms with Crippen LogP contribution in [-0.2, 0) is 17.9 Å². The summed E-state index contributed by atoms with van der Waals surface area (Å²) >= 11 is 0. The summed E-state index contributed by atoms with van der Waals surface area (Å²) in [6, 6.07) is 7.47. The van der Waals surface area contributed by atoms with E-state index < -0.39 is 5.97 Å². The first-order valence-electron chi connectivity index (χ1n) is 8.92. The minimum Gasteiger partial charge on any atom is -0.465 e. The molecule has 0 saturated heterocycles. The number of aryl methyl sites for hydroxylation is 1. The van der Waals surface area contributed by atoms with Crippen LogP contribution >= 0.6 is 0 Å². The Hall–Kier alpha value is -3.00. The molecule has 0 unspecified atom stereocenters. The molecule has 0 amide bonds. The monoisotopic (exact) mass is 367 g/mol. The number of carbonyl (C=O) groups excluding carboxylic acids is 1. The summed E-state index contributed by atoms with van der Waals surface area (Å²) in [5.41, 5.74) is 3.78. The van der Waals surface area contributed by atoms with Crippen LogP contribution in [0.2, 0.25) is 0 Å². The Balaban J connectivity index is 1.74. The molecule has 0 aliphatic heterocycles. The second-order valence-electron chi connectivity index (χ2n) is 6.62. The number of methoxy groups -OCH3 is 1. The molecular formula is C19H21N5O3. The number of carbonyl (C=O) groups is 1. The first-order chi connectivity index (χ1) is 13.2. The summed E-state index contributed by atoms with van der Waals surface area (Å²) in [6.45, 7) is 2.73. The maximum Gasteiger partial charge on any atom is 0.341 e. The molecule has 0 radical (unpaired) electrons. The lowest BCUT2D eigenvalue weighted by molar-refractivity contribution is 0.0599. The largest absolute Gasteiger partial charge is 0.465 e. The summed E-state index contributed by atoms with van der Waals surface area (Å²) in [6.07, 6.45) is 4.37. The van der Waals surface area contributed by atoms with Gasteiger partial charge in [-0.05, 0) is 31.0 Å². The molecule has 27 heavy (non-hydrogen) atoms. The molecule has 2 atom stereocenters. The zero-order valence-corrected chi connectivity index (χ0v) is 15.2. The average molecular weight is 367 g/mol. The molecule has 1 fully saturated rings. The maximum absolute atomic E-state index is 12.3. The van der Waals surface area contributed by atoms with E-state index in [1.807, 2.05) is 37.4 Å². The third kappa shape index (κ3) is 3.12. The van der Waals surface area contributed by atoms with E-state index in [4.69, 9.17) is 4.74 Å². The van der Waals surface area contributed by atoms with Crippen molar-refractivity contribution in [3.05, 3.63) is 59.2 Å². The van der Waals surface area contributed by atoms with Crippen molar-refractivity contribution in [1.82, 2.24) is 24.8 Å². The van der Waals surface area contributed by atoms with Crippen molar-refractivity contribution in [2.75, 3.05) is 7.11 Å². The van der Waals surface area contributed by atoms with Gasteiger partial charge < -0.3 is 9.84 Å². The average Bonchev–Trinajstić information content (AvgIpc) is 3.16. The van der Waals surface area contributed by atoms with Crippen LogP contribution in [0, 0.1) is 0 Å². The van der Waals surface area contributed by atoms with Gasteiger partial charge in [0.05, 0.1) is 37.0 Å². The second kappa shape index (κ2) is 6.96. The number of hydrogen-bond donors (Lipinski definition) is 1. The summed E-state index contributed by atoms with van der Waals surface area (Å²) in [5, 5.41) is 22.2. The number of aliphatic hydroxyl groups is 1. The van der Waals surface area contributed by atoms with E-state index in [1.54, 1.807) is 15.6 Å². The van der Waals surface area contributed by atoms with Gasteiger partial charge in [0.15, 0.2) is 0 Å². The predicted molar refractivity (Wildman–Crippen MR) is 96.6 cm³/mol. The molecule has 3 aromatic rings.